The molecular weight excluding hydrogens is 216 g/mol. The summed E-state index contributed by atoms with van der Waals surface area (Å²) in [5.74, 6) is 0. The summed E-state index contributed by atoms with van der Waals surface area (Å²) in [6.45, 7) is 6.25. The number of hydrogen-bond acceptors (Lipinski definition) is 5. The molecule has 0 aliphatic heterocycles. The van der Waals surface area contributed by atoms with Crippen molar-refractivity contribution in [2.24, 2.45) is 5.73 Å². The summed E-state index contributed by atoms with van der Waals surface area (Å²) in [6.07, 6.45) is 0.820. The lowest BCUT2D eigenvalue weighted by molar-refractivity contribution is 0.313. The van der Waals surface area contributed by atoms with Crippen LogP contribution in [0.3, 0.4) is 0 Å². The predicted molar refractivity (Wildman–Crippen MR) is 61.1 cm³/mol. The fourth-order valence-corrected chi connectivity index (χ4v) is 6.78. The van der Waals surface area contributed by atoms with Crippen molar-refractivity contribution in [2.75, 3.05) is 13.2 Å². The summed E-state index contributed by atoms with van der Waals surface area (Å²) >= 11 is 0. The van der Waals surface area contributed by atoms with Crippen LogP contribution >= 0.6 is 0 Å². The van der Waals surface area contributed by atoms with Crippen LogP contribution in [0.15, 0.2) is 0 Å². The molecule has 0 saturated heterocycles. The van der Waals surface area contributed by atoms with Gasteiger partial charge in [-0.25, -0.2) is 0 Å². The molecule has 0 aliphatic carbocycles. The Kier molecular flexibility index (Phi) is 6.06. The highest BCUT2D eigenvalue weighted by Crippen LogP contribution is 2.15. The summed E-state index contributed by atoms with van der Waals surface area (Å²) in [6, 6.07) is 0.622. The summed E-state index contributed by atoms with van der Waals surface area (Å²) < 4.78 is 5.34. The van der Waals surface area contributed by atoms with Crippen LogP contribution in [0.4, 0.5) is 0 Å². The van der Waals surface area contributed by atoms with E-state index >= 15 is 0 Å². The Morgan fingerprint density at radius 2 is 1.86 bits per heavy atom. The van der Waals surface area contributed by atoms with E-state index in [1.54, 1.807) is 19.6 Å². The van der Waals surface area contributed by atoms with E-state index in [1.807, 2.05) is 0 Å². The summed E-state index contributed by atoms with van der Waals surface area (Å²) in [4.78, 5) is 19.4. The molecule has 0 aromatic heterocycles. The lowest BCUT2D eigenvalue weighted by Crippen LogP contribution is -2.47. The Labute approximate surface area is 87.8 Å². The summed E-state index contributed by atoms with van der Waals surface area (Å²) in [7, 11) is -5.25. The fourth-order valence-electron chi connectivity index (χ4n) is 1.23. The molecule has 14 heavy (non-hydrogen) atoms. The molecule has 1 atom stereocenters. The van der Waals surface area contributed by atoms with E-state index in [1.165, 1.54) is 0 Å². The molecule has 0 heterocycles. The van der Waals surface area contributed by atoms with Gasteiger partial charge in [-0.1, -0.05) is 0 Å². The first-order valence-corrected chi connectivity index (χ1v) is 10.2. The second kappa shape index (κ2) is 5.96. The van der Waals surface area contributed by atoms with Gasteiger partial charge in [0, 0.05) is 6.67 Å². The van der Waals surface area contributed by atoms with E-state index in [0.717, 1.165) is 13.0 Å². The van der Waals surface area contributed by atoms with Crippen LogP contribution in [0.1, 0.15) is 6.42 Å². The van der Waals surface area contributed by atoms with Gasteiger partial charge in [-0.05, 0) is 38.7 Å². The van der Waals surface area contributed by atoms with Crippen molar-refractivity contribution in [3.63, 3.8) is 0 Å². The lowest BCUT2D eigenvalue weighted by Gasteiger charge is -2.27. The highest BCUT2D eigenvalue weighted by Gasteiger charge is 2.34. The maximum absolute atomic E-state index is 9.88. The average molecular weight is 238 g/mol. The van der Waals surface area contributed by atoms with Gasteiger partial charge in [-0.3, -0.25) is 0 Å². The van der Waals surface area contributed by atoms with Crippen molar-refractivity contribution in [1.82, 2.24) is 5.32 Å². The van der Waals surface area contributed by atoms with Gasteiger partial charge >= 0.3 is 17.1 Å². The van der Waals surface area contributed by atoms with Crippen LogP contribution in [0.2, 0.25) is 25.7 Å². The molecule has 86 valence electrons. The standard InChI is InChI=1S/C7H22N2O3Si2/c1-13(2,10)12-14(3,11)6-4-5-9-7-8/h9-11H,4-8H2,1-3H3. The molecule has 0 radical (unpaired) electrons. The molecule has 7 heteroatoms. The van der Waals surface area contributed by atoms with Crippen LogP contribution in [-0.4, -0.2) is 39.9 Å². The van der Waals surface area contributed by atoms with Gasteiger partial charge < -0.3 is 24.8 Å². The Morgan fingerprint density at radius 3 is 2.29 bits per heavy atom. The Hall–Kier alpha value is 0.234. The SMILES string of the molecule is C[Si](C)(O)O[Si](C)(O)CCCNCN. The number of nitrogens with one attached hydrogen (secondary N) is 1. The zero-order valence-corrected chi connectivity index (χ0v) is 11.2. The smallest absolute Gasteiger partial charge is 0.323 e. The molecule has 5 nitrogen and oxygen atoms in total. The van der Waals surface area contributed by atoms with E-state index in [4.69, 9.17) is 9.85 Å². The molecule has 0 fully saturated rings. The van der Waals surface area contributed by atoms with Gasteiger partial charge in [0.1, 0.15) is 0 Å². The lowest BCUT2D eigenvalue weighted by atomic mass is 10.5. The zero-order chi connectivity index (χ0) is 11.2. The van der Waals surface area contributed by atoms with Gasteiger partial charge in [-0.2, -0.15) is 0 Å². The van der Waals surface area contributed by atoms with Gasteiger partial charge in [0.15, 0.2) is 0 Å². The molecule has 0 rings (SSSR count). The van der Waals surface area contributed by atoms with Gasteiger partial charge in [0.25, 0.3) is 0 Å². The van der Waals surface area contributed by atoms with Crippen molar-refractivity contribution in [2.45, 2.75) is 32.1 Å². The number of rotatable bonds is 7. The number of nitrogens with two attached hydrogens (primary N) is 1. The highest BCUT2D eigenvalue weighted by atomic mass is 28.5. The molecule has 0 bridgehead atoms. The maximum Gasteiger partial charge on any atom is 0.323 e. The van der Waals surface area contributed by atoms with Gasteiger partial charge in [0.05, 0.1) is 0 Å². The van der Waals surface area contributed by atoms with E-state index < -0.39 is 17.1 Å². The van der Waals surface area contributed by atoms with Crippen molar-refractivity contribution in [3.05, 3.63) is 0 Å². The predicted octanol–water partition coefficient (Wildman–Crippen LogP) is -0.343. The van der Waals surface area contributed by atoms with Crippen LogP contribution in [-0.2, 0) is 4.12 Å². The third-order valence-electron chi connectivity index (χ3n) is 1.61. The van der Waals surface area contributed by atoms with E-state index in [0.29, 0.717) is 12.7 Å². The molecule has 1 unspecified atom stereocenters. The van der Waals surface area contributed by atoms with Gasteiger partial charge in [-0.15, -0.1) is 0 Å². The second-order valence-electron chi connectivity index (χ2n) is 4.03. The minimum Gasteiger partial charge on any atom is -0.415 e. The van der Waals surface area contributed by atoms with Crippen molar-refractivity contribution in [1.29, 1.82) is 0 Å². The maximum atomic E-state index is 9.88. The highest BCUT2D eigenvalue weighted by molar-refractivity contribution is 6.78. The van der Waals surface area contributed by atoms with Gasteiger partial charge in [0.2, 0.25) is 0 Å². The van der Waals surface area contributed by atoms with Crippen LogP contribution in [0.25, 0.3) is 0 Å². The largest absolute Gasteiger partial charge is 0.415 e. The quantitative estimate of drug-likeness (QED) is 0.277. The summed E-state index contributed by atoms with van der Waals surface area (Å²) in [5.41, 5.74) is 5.25. The molecular formula is C7H22N2O3Si2. The molecule has 0 aromatic carbocycles. The third-order valence-corrected chi connectivity index (χ3v) is 6.65. The van der Waals surface area contributed by atoms with Crippen molar-refractivity contribution >= 4 is 17.1 Å². The third kappa shape index (κ3) is 8.82. The molecule has 0 saturated carbocycles. The van der Waals surface area contributed by atoms with Crippen molar-refractivity contribution in [3.8, 4) is 0 Å². The monoisotopic (exact) mass is 238 g/mol. The first kappa shape index (κ1) is 14.2. The normalized spacial score (nSPS) is 16.7. The second-order valence-corrected chi connectivity index (χ2v) is 10.6. The van der Waals surface area contributed by atoms with E-state index in [-0.39, 0.29) is 0 Å². The molecule has 0 aliphatic rings. The van der Waals surface area contributed by atoms with Crippen LogP contribution < -0.4 is 11.1 Å². The summed E-state index contributed by atoms with van der Waals surface area (Å²) in [5, 5.41) is 2.97. The van der Waals surface area contributed by atoms with Crippen LogP contribution in [0.5, 0.6) is 0 Å². The van der Waals surface area contributed by atoms with Crippen molar-refractivity contribution < 1.29 is 13.7 Å². The Balaban J connectivity index is 3.72. The topological polar surface area (TPSA) is 87.7 Å². The fraction of sp³-hybridized carbons (Fsp3) is 1.00. The average Bonchev–Trinajstić information content (AvgIpc) is 1.93. The molecule has 5 N–H and O–H groups in total. The Morgan fingerprint density at radius 1 is 1.29 bits per heavy atom. The number of hydrogen-bond donors (Lipinski definition) is 4. The zero-order valence-electron chi connectivity index (χ0n) is 9.21. The van der Waals surface area contributed by atoms with E-state index in [2.05, 4.69) is 5.32 Å². The minimum atomic E-state index is -2.66. The molecule has 0 amide bonds. The Bertz CT molecular complexity index is 162. The minimum absolute atomic E-state index is 0.449. The van der Waals surface area contributed by atoms with Crippen LogP contribution in [0, 0.1) is 0 Å². The first-order valence-electron chi connectivity index (χ1n) is 4.82. The van der Waals surface area contributed by atoms with E-state index in [9.17, 15) is 9.59 Å². The molecule has 0 spiro atoms. The molecule has 0 aromatic rings. The first-order chi connectivity index (χ1) is 6.27.